The molecule has 0 saturated carbocycles. The highest BCUT2D eigenvalue weighted by Gasteiger charge is 1.89. The van der Waals surface area contributed by atoms with Gasteiger partial charge in [-0.3, -0.25) is 4.89 Å². The monoisotopic (exact) mass is 74.0 g/mol. The highest BCUT2D eigenvalue weighted by Crippen LogP contribution is 1.84. The molecule has 0 aliphatic carbocycles. The van der Waals surface area contributed by atoms with Crippen LogP contribution in [-0.4, -0.2) is 6.40 Å². The maximum absolute atomic E-state index is 3.81. The van der Waals surface area contributed by atoms with Crippen molar-refractivity contribution in [1.29, 1.82) is 0 Å². The summed E-state index contributed by atoms with van der Waals surface area (Å²) < 4.78 is 0. The van der Waals surface area contributed by atoms with Crippen molar-refractivity contribution >= 4 is 6.40 Å². The predicted octanol–water partition coefficient (Wildman–Crippen LogP) is -0.300. The van der Waals surface area contributed by atoms with E-state index < -0.39 is 0 Å². The van der Waals surface area contributed by atoms with Crippen LogP contribution in [0.25, 0.3) is 0 Å². The number of nitrogens with zero attached hydrogens (tertiary/aromatic N) is 1. The first-order valence-electron chi connectivity index (χ1n) is 0.944. The van der Waals surface area contributed by atoms with E-state index in [1.807, 2.05) is 6.40 Å². The van der Waals surface area contributed by atoms with Crippen molar-refractivity contribution in [1.82, 2.24) is 0 Å². The predicted molar refractivity (Wildman–Crippen MR) is 10.7 cm³/mol. The highest BCUT2D eigenvalue weighted by atomic mass is 17.6. The second-order valence-corrected chi connectivity index (χ2v) is 0.408. The molecule has 1 rings (SSSR count). The molecule has 1 aliphatic heterocycles. The van der Waals surface area contributed by atoms with E-state index in [4.69, 9.17) is 0 Å². The summed E-state index contributed by atoms with van der Waals surface area (Å²) in [6, 6.07) is 0. The van der Waals surface area contributed by atoms with Crippen LogP contribution >= 0.6 is 0 Å². The third-order valence-electron chi connectivity index (χ3n) is 0.176. The van der Waals surface area contributed by atoms with Gasteiger partial charge in [0.15, 0.2) is 0 Å². The van der Waals surface area contributed by atoms with Crippen LogP contribution in [0.4, 0.5) is 0 Å². The number of hydrogen-bond acceptors (Lipinski definition) is 4. The van der Waals surface area contributed by atoms with Crippen molar-refractivity contribution < 1.29 is 14.9 Å². The molecule has 0 saturated heterocycles. The fourth-order valence-corrected chi connectivity index (χ4v) is 0.0761. The summed E-state index contributed by atoms with van der Waals surface area (Å²) >= 11 is 0. The van der Waals surface area contributed by atoms with E-state index in [9.17, 15) is 0 Å². The molecule has 0 aromatic carbocycles. The van der Waals surface area contributed by atoms with Crippen molar-refractivity contribution in [3.05, 3.63) is 0 Å². The van der Waals surface area contributed by atoms with E-state index >= 15 is 0 Å². The standard InChI is InChI=1S/CNO3/c1-2-4-5-3-1. The van der Waals surface area contributed by atoms with Gasteiger partial charge >= 0.3 is 6.40 Å². The Hall–Kier alpha value is -0.770. The average Bonchev–Trinajstić information content (AvgIpc) is 1.76. The lowest BCUT2D eigenvalue weighted by Crippen LogP contribution is -1.72. The Balaban J connectivity index is 2.32. The third kappa shape index (κ3) is 0.273. The zero-order chi connectivity index (χ0) is 3.54. The number of hydrogen-bond donors (Lipinski definition) is 0. The molecule has 0 N–H and O–H groups in total. The fourth-order valence-electron chi connectivity index (χ4n) is 0.0761. The first-order chi connectivity index (χ1) is 2.50. The van der Waals surface area contributed by atoms with E-state index in [1.165, 1.54) is 0 Å². The summed E-state index contributed by atoms with van der Waals surface area (Å²) in [7, 11) is 0. The first-order valence-corrected chi connectivity index (χ1v) is 0.944. The Labute approximate surface area is 27.8 Å². The Morgan fingerprint density at radius 2 is 2.60 bits per heavy atom. The molecule has 0 aromatic rings. The SMILES string of the molecule is [C]1=NOOO1. The zero-order valence-electron chi connectivity index (χ0n) is 2.17. The second kappa shape index (κ2) is 0.898. The molecule has 0 amide bonds. The van der Waals surface area contributed by atoms with Gasteiger partial charge < -0.3 is 0 Å². The molecule has 0 bridgehead atoms. The molecule has 1 aliphatic rings. The highest BCUT2D eigenvalue weighted by molar-refractivity contribution is 5.44. The van der Waals surface area contributed by atoms with Gasteiger partial charge in [0.05, 0.1) is 5.04 Å². The lowest BCUT2D eigenvalue weighted by molar-refractivity contribution is -0.450. The molecule has 0 fully saturated rings. The minimum absolute atomic E-state index is 1.90. The quantitative estimate of drug-likeness (QED) is 0.370. The van der Waals surface area contributed by atoms with E-state index in [2.05, 4.69) is 20.1 Å². The largest absolute Gasteiger partial charge is 0.368 e. The Kier molecular flexibility index (Phi) is 0.443. The van der Waals surface area contributed by atoms with Gasteiger partial charge in [0.25, 0.3) is 0 Å². The van der Waals surface area contributed by atoms with Crippen LogP contribution in [-0.2, 0) is 14.9 Å². The molecule has 5 heavy (non-hydrogen) atoms. The average molecular weight is 74.0 g/mol. The molecule has 4 heteroatoms. The van der Waals surface area contributed by atoms with Gasteiger partial charge in [0.1, 0.15) is 0 Å². The summed E-state index contributed by atoms with van der Waals surface area (Å²) in [4.78, 5) is 7.54. The van der Waals surface area contributed by atoms with E-state index in [-0.39, 0.29) is 0 Å². The lowest BCUT2D eigenvalue weighted by Gasteiger charge is -1.72. The van der Waals surface area contributed by atoms with Crippen LogP contribution in [0, 0.1) is 0 Å². The smallest absolute Gasteiger partial charge is 0.267 e. The van der Waals surface area contributed by atoms with Crippen LogP contribution in [0.1, 0.15) is 0 Å². The Morgan fingerprint density at radius 1 is 1.60 bits per heavy atom. The zero-order valence-corrected chi connectivity index (χ0v) is 2.17. The van der Waals surface area contributed by atoms with Gasteiger partial charge in [0.2, 0.25) is 0 Å². The molecular weight excluding hydrogens is 74.0 g/mol. The molecule has 27 valence electrons. The molecule has 1 radical (unpaired) electrons. The van der Waals surface area contributed by atoms with Crippen molar-refractivity contribution in [2.45, 2.75) is 0 Å². The minimum Gasteiger partial charge on any atom is -0.267 e. The van der Waals surface area contributed by atoms with Gasteiger partial charge in [0, 0.05) is 5.16 Å². The van der Waals surface area contributed by atoms with Gasteiger partial charge in [-0.15, -0.1) is 0 Å². The van der Waals surface area contributed by atoms with Crippen LogP contribution in [0.2, 0.25) is 0 Å². The summed E-state index contributed by atoms with van der Waals surface area (Å²) in [6.07, 6.45) is 1.90. The Morgan fingerprint density at radius 3 is 2.80 bits per heavy atom. The van der Waals surface area contributed by atoms with Crippen LogP contribution < -0.4 is 0 Å². The molecule has 4 nitrogen and oxygen atoms in total. The van der Waals surface area contributed by atoms with Crippen molar-refractivity contribution in [3.63, 3.8) is 0 Å². The Bertz CT molecular complexity index is 44.9. The molecule has 0 unspecified atom stereocenters. The summed E-state index contributed by atoms with van der Waals surface area (Å²) in [5.74, 6) is 0. The third-order valence-corrected chi connectivity index (χ3v) is 0.176. The van der Waals surface area contributed by atoms with Gasteiger partial charge in [-0.25, -0.2) is 0 Å². The normalized spacial score (nSPS) is 17.6. The summed E-state index contributed by atoms with van der Waals surface area (Å²) in [5, 5.41) is 6.56. The van der Waals surface area contributed by atoms with Gasteiger partial charge in [-0.05, 0) is 0 Å². The molecule has 0 atom stereocenters. The number of rotatable bonds is 0. The first kappa shape index (κ1) is 2.47. The minimum atomic E-state index is 1.90. The fraction of sp³-hybridized carbons (Fsp3) is 0. The van der Waals surface area contributed by atoms with Crippen molar-refractivity contribution in [2.24, 2.45) is 5.16 Å². The molecule has 0 aromatic heterocycles. The summed E-state index contributed by atoms with van der Waals surface area (Å²) in [6.45, 7) is 0. The molecule has 1 heterocycles. The van der Waals surface area contributed by atoms with E-state index in [0.29, 0.717) is 0 Å². The van der Waals surface area contributed by atoms with Gasteiger partial charge in [-0.2, -0.15) is 4.99 Å². The van der Waals surface area contributed by atoms with Crippen LogP contribution in [0.3, 0.4) is 0 Å². The summed E-state index contributed by atoms with van der Waals surface area (Å²) in [5.41, 5.74) is 0. The maximum Gasteiger partial charge on any atom is 0.368 e. The molecule has 0 spiro atoms. The van der Waals surface area contributed by atoms with Gasteiger partial charge in [-0.1, -0.05) is 0 Å². The van der Waals surface area contributed by atoms with Crippen molar-refractivity contribution in [3.8, 4) is 0 Å². The van der Waals surface area contributed by atoms with E-state index in [1.54, 1.807) is 0 Å². The van der Waals surface area contributed by atoms with E-state index in [0.717, 1.165) is 0 Å². The van der Waals surface area contributed by atoms with Crippen molar-refractivity contribution in [2.75, 3.05) is 0 Å². The second-order valence-electron chi connectivity index (χ2n) is 0.408. The maximum atomic E-state index is 3.81. The topological polar surface area (TPSA) is 40.0 Å². The lowest BCUT2D eigenvalue weighted by atomic mass is 11.6. The van der Waals surface area contributed by atoms with Crippen LogP contribution in [0.15, 0.2) is 5.16 Å². The van der Waals surface area contributed by atoms with Crippen LogP contribution in [0.5, 0.6) is 0 Å². The molecular formula is CNO3.